The molecule has 23 heavy (non-hydrogen) atoms. The Morgan fingerprint density at radius 1 is 1.13 bits per heavy atom. The zero-order valence-electron chi connectivity index (χ0n) is 13.4. The van der Waals surface area contributed by atoms with Crippen molar-refractivity contribution in [3.05, 3.63) is 64.1 Å². The van der Waals surface area contributed by atoms with E-state index in [-0.39, 0.29) is 0 Å². The second-order valence-electron chi connectivity index (χ2n) is 5.95. The molecule has 2 aromatic carbocycles. The van der Waals surface area contributed by atoms with Gasteiger partial charge in [-0.3, -0.25) is 4.90 Å². The average molecular weight is 376 g/mol. The van der Waals surface area contributed by atoms with E-state index in [4.69, 9.17) is 9.47 Å². The zero-order valence-corrected chi connectivity index (χ0v) is 15.0. The minimum atomic E-state index is 0.371. The van der Waals surface area contributed by atoms with Crippen LogP contribution in [0, 0.1) is 0 Å². The summed E-state index contributed by atoms with van der Waals surface area (Å²) in [5.41, 5.74) is 2.44. The van der Waals surface area contributed by atoms with E-state index in [1.165, 1.54) is 11.1 Å². The number of hydrogen-bond acceptors (Lipinski definition) is 3. The molecule has 0 bridgehead atoms. The first-order chi connectivity index (χ1) is 11.2. The van der Waals surface area contributed by atoms with Gasteiger partial charge < -0.3 is 9.47 Å². The minimum Gasteiger partial charge on any atom is -0.489 e. The van der Waals surface area contributed by atoms with E-state index in [9.17, 15) is 0 Å². The molecule has 1 heterocycles. The number of halogens is 1. The number of methoxy groups -OCH3 is 1. The minimum absolute atomic E-state index is 0.371. The van der Waals surface area contributed by atoms with Crippen molar-refractivity contribution in [2.24, 2.45) is 0 Å². The van der Waals surface area contributed by atoms with Gasteiger partial charge in [0.15, 0.2) is 0 Å². The Bertz CT molecular complexity index is 633. The van der Waals surface area contributed by atoms with E-state index >= 15 is 0 Å². The van der Waals surface area contributed by atoms with Crippen molar-refractivity contribution < 1.29 is 9.47 Å². The first-order valence-electron chi connectivity index (χ1n) is 7.94. The maximum absolute atomic E-state index is 5.95. The summed E-state index contributed by atoms with van der Waals surface area (Å²) in [6, 6.07) is 16.6. The van der Waals surface area contributed by atoms with Crippen LogP contribution in [0.15, 0.2) is 53.0 Å². The van der Waals surface area contributed by atoms with Gasteiger partial charge in [0.05, 0.1) is 6.10 Å². The van der Waals surface area contributed by atoms with Gasteiger partial charge in [-0.15, -0.1) is 0 Å². The summed E-state index contributed by atoms with van der Waals surface area (Å²) in [5, 5.41) is 0. The van der Waals surface area contributed by atoms with Gasteiger partial charge >= 0.3 is 0 Å². The van der Waals surface area contributed by atoms with Crippen LogP contribution in [0.3, 0.4) is 0 Å². The molecule has 0 aliphatic carbocycles. The van der Waals surface area contributed by atoms with Crippen LogP contribution < -0.4 is 4.74 Å². The maximum Gasteiger partial charge on any atom is 0.121 e. The molecule has 1 saturated heterocycles. The second-order valence-corrected chi connectivity index (χ2v) is 6.87. The van der Waals surface area contributed by atoms with Crippen molar-refractivity contribution in [1.82, 2.24) is 4.90 Å². The molecule has 1 fully saturated rings. The van der Waals surface area contributed by atoms with Gasteiger partial charge in [-0.05, 0) is 35.7 Å². The number of likely N-dealkylation sites (tertiary alicyclic amines) is 1. The highest BCUT2D eigenvalue weighted by Gasteiger charge is 2.22. The fraction of sp³-hybridized carbons (Fsp3) is 0.368. The number of rotatable bonds is 6. The highest BCUT2D eigenvalue weighted by atomic mass is 79.9. The molecular weight excluding hydrogens is 354 g/mol. The Morgan fingerprint density at radius 2 is 1.96 bits per heavy atom. The van der Waals surface area contributed by atoms with Crippen LogP contribution in [-0.4, -0.2) is 31.2 Å². The van der Waals surface area contributed by atoms with E-state index < -0.39 is 0 Å². The third kappa shape index (κ3) is 4.80. The lowest BCUT2D eigenvalue weighted by Crippen LogP contribution is -2.22. The summed E-state index contributed by atoms with van der Waals surface area (Å²) in [7, 11) is 1.79. The van der Waals surface area contributed by atoms with E-state index in [2.05, 4.69) is 45.1 Å². The smallest absolute Gasteiger partial charge is 0.121 e. The topological polar surface area (TPSA) is 21.7 Å². The third-order valence-corrected chi connectivity index (χ3v) is 4.61. The van der Waals surface area contributed by atoms with Crippen molar-refractivity contribution in [1.29, 1.82) is 0 Å². The quantitative estimate of drug-likeness (QED) is 0.753. The third-order valence-electron chi connectivity index (χ3n) is 4.15. The zero-order chi connectivity index (χ0) is 16.1. The van der Waals surface area contributed by atoms with E-state index in [0.717, 1.165) is 36.3 Å². The molecule has 3 rings (SSSR count). The summed E-state index contributed by atoms with van der Waals surface area (Å²) in [6.07, 6.45) is 1.48. The molecular formula is C19H22BrNO2. The van der Waals surface area contributed by atoms with Crippen LogP contribution in [0.4, 0.5) is 0 Å². The van der Waals surface area contributed by atoms with Crippen molar-refractivity contribution in [2.45, 2.75) is 25.7 Å². The standard InChI is InChI=1S/C19H22BrNO2/c1-22-18-7-8-21(13-18)12-16-9-17(20)11-19(10-16)23-14-15-5-3-2-4-6-15/h2-6,9-11,18H,7-8,12-14H2,1H3/t18-/m1/s1. The van der Waals surface area contributed by atoms with E-state index in [1.54, 1.807) is 7.11 Å². The molecule has 2 aromatic rings. The lowest BCUT2D eigenvalue weighted by Gasteiger charge is -2.17. The summed E-state index contributed by atoms with van der Waals surface area (Å²) >= 11 is 3.59. The second kappa shape index (κ2) is 7.95. The van der Waals surface area contributed by atoms with Crippen LogP contribution in [0.1, 0.15) is 17.5 Å². The molecule has 0 unspecified atom stereocenters. The van der Waals surface area contributed by atoms with E-state index in [1.807, 2.05) is 24.3 Å². The fourth-order valence-electron chi connectivity index (χ4n) is 2.93. The Morgan fingerprint density at radius 3 is 2.70 bits per heavy atom. The SMILES string of the molecule is CO[C@@H]1CCN(Cc2cc(Br)cc(OCc3ccccc3)c2)C1. The first-order valence-corrected chi connectivity index (χ1v) is 8.73. The van der Waals surface area contributed by atoms with Crippen molar-refractivity contribution in [3.63, 3.8) is 0 Å². The number of benzene rings is 2. The van der Waals surface area contributed by atoms with Crippen molar-refractivity contribution in [2.75, 3.05) is 20.2 Å². The fourth-order valence-corrected chi connectivity index (χ4v) is 3.45. The number of ether oxygens (including phenoxy) is 2. The summed E-state index contributed by atoms with van der Waals surface area (Å²) < 4.78 is 12.4. The molecule has 3 nitrogen and oxygen atoms in total. The van der Waals surface area contributed by atoms with E-state index in [0.29, 0.717) is 12.7 Å². The summed E-state index contributed by atoms with van der Waals surface area (Å²) in [5.74, 6) is 0.903. The Hall–Kier alpha value is -1.36. The molecule has 0 radical (unpaired) electrons. The maximum atomic E-state index is 5.95. The molecule has 122 valence electrons. The Balaban J connectivity index is 1.62. The summed E-state index contributed by atoms with van der Waals surface area (Å²) in [6.45, 7) is 3.61. The first kappa shape index (κ1) is 16.5. The molecule has 0 N–H and O–H groups in total. The average Bonchev–Trinajstić information content (AvgIpc) is 3.01. The molecule has 0 amide bonds. The van der Waals surface area contributed by atoms with Crippen molar-refractivity contribution in [3.8, 4) is 5.75 Å². The molecule has 1 aliphatic rings. The van der Waals surface area contributed by atoms with Gasteiger partial charge in [-0.2, -0.15) is 0 Å². The van der Waals surface area contributed by atoms with Gasteiger partial charge in [0, 0.05) is 31.2 Å². The predicted octanol–water partition coefficient (Wildman–Crippen LogP) is 4.25. The van der Waals surface area contributed by atoms with Crippen LogP contribution in [0.25, 0.3) is 0 Å². The lowest BCUT2D eigenvalue weighted by atomic mass is 10.2. The van der Waals surface area contributed by atoms with Gasteiger partial charge in [0.25, 0.3) is 0 Å². The van der Waals surface area contributed by atoms with Gasteiger partial charge in [-0.25, -0.2) is 0 Å². The normalized spacial score (nSPS) is 18.3. The monoisotopic (exact) mass is 375 g/mol. The van der Waals surface area contributed by atoms with Gasteiger partial charge in [-0.1, -0.05) is 46.3 Å². The number of nitrogens with zero attached hydrogens (tertiary/aromatic N) is 1. The van der Waals surface area contributed by atoms with Gasteiger partial charge in [0.1, 0.15) is 12.4 Å². The summed E-state index contributed by atoms with van der Waals surface area (Å²) in [4.78, 5) is 2.43. The van der Waals surface area contributed by atoms with Crippen LogP contribution in [0.5, 0.6) is 5.75 Å². The molecule has 4 heteroatoms. The van der Waals surface area contributed by atoms with Gasteiger partial charge in [0.2, 0.25) is 0 Å². The predicted molar refractivity (Wildman–Crippen MR) is 95.6 cm³/mol. The highest BCUT2D eigenvalue weighted by Crippen LogP contribution is 2.24. The molecule has 0 spiro atoms. The van der Waals surface area contributed by atoms with Crippen LogP contribution in [-0.2, 0) is 17.9 Å². The molecule has 0 saturated carbocycles. The van der Waals surface area contributed by atoms with Crippen molar-refractivity contribution >= 4 is 15.9 Å². The number of hydrogen-bond donors (Lipinski definition) is 0. The largest absolute Gasteiger partial charge is 0.489 e. The lowest BCUT2D eigenvalue weighted by molar-refractivity contribution is 0.107. The Labute approximate surface area is 146 Å². The highest BCUT2D eigenvalue weighted by molar-refractivity contribution is 9.10. The molecule has 1 aliphatic heterocycles. The molecule has 0 aromatic heterocycles. The van der Waals surface area contributed by atoms with Crippen LogP contribution >= 0.6 is 15.9 Å². The van der Waals surface area contributed by atoms with Crippen LogP contribution in [0.2, 0.25) is 0 Å². The molecule has 1 atom stereocenters. The Kier molecular flexibility index (Phi) is 5.70.